The lowest BCUT2D eigenvalue weighted by molar-refractivity contribution is 0.453. The highest BCUT2D eigenvalue weighted by Gasteiger charge is 2.51. The zero-order chi connectivity index (χ0) is 21.9. The lowest BCUT2D eigenvalue weighted by Crippen LogP contribution is -2.40. The van der Waals surface area contributed by atoms with Gasteiger partial charge in [-0.1, -0.05) is 101 Å². The molecule has 0 bridgehead atoms. The molecule has 1 nitrogen and oxygen atoms in total. The first kappa shape index (κ1) is 22.2. The minimum absolute atomic E-state index is 0.102. The molecule has 0 spiro atoms. The highest BCUT2D eigenvalue weighted by atomic mass is 15.0. The van der Waals surface area contributed by atoms with Crippen LogP contribution in [0.1, 0.15) is 96.6 Å². The fourth-order valence-corrected chi connectivity index (χ4v) is 6.00. The predicted octanol–water partition coefficient (Wildman–Crippen LogP) is 8.76. The first-order chi connectivity index (χ1) is 14.9. The van der Waals surface area contributed by atoms with Gasteiger partial charge in [0.15, 0.2) is 0 Å². The van der Waals surface area contributed by atoms with Gasteiger partial charge in [0.25, 0.3) is 0 Å². The van der Waals surface area contributed by atoms with Crippen LogP contribution in [0.15, 0.2) is 60.2 Å². The second kappa shape index (κ2) is 9.23. The van der Waals surface area contributed by atoms with E-state index in [4.69, 9.17) is 0 Å². The third-order valence-corrected chi connectivity index (χ3v) is 7.63. The van der Waals surface area contributed by atoms with Crippen molar-refractivity contribution in [3.05, 3.63) is 71.3 Å². The van der Waals surface area contributed by atoms with Crippen molar-refractivity contribution in [1.82, 2.24) is 0 Å². The van der Waals surface area contributed by atoms with Gasteiger partial charge in [-0.05, 0) is 72.3 Å². The van der Waals surface area contributed by atoms with E-state index in [1.165, 1.54) is 74.6 Å². The monoisotopic (exact) mass is 415 g/mol. The smallest absolute Gasteiger partial charge is 0.0661 e. The van der Waals surface area contributed by atoms with Crippen molar-refractivity contribution in [1.29, 1.82) is 0 Å². The Labute approximate surface area is 190 Å². The number of hydrogen-bond donors (Lipinski definition) is 1. The quantitative estimate of drug-likeness (QED) is 0.425. The number of anilines is 1. The number of fused-ring (bicyclic) bond motifs is 1. The van der Waals surface area contributed by atoms with E-state index < -0.39 is 0 Å². The van der Waals surface area contributed by atoms with Crippen LogP contribution in [-0.2, 0) is 5.41 Å². The summed E-state index contributed by atoms with van der Waals surface area (Å²) in [4.78, 5) is 0. The van der Waals surface area contributed by atoms with Gasteiger partial charge in [-0.2, -0.15) is 0 Å². The molecule has 4 rings (SSSR count). The van der Waals surface area contributed by atoms with Crippen molar-refractivity contribution in [2.24, 2.45) is 5.92 Å². The average molecular weight is 416 g/mol. The van der Waals surface area contributed by atoms with Crippen molar-refractivity contribution < 1.29 is 0 Å². The van der Waals surface area contributed by atoms with Crippen molar-refractivity contribution >= 4 is 11.3 Å². The molecule has 0 saturated heterocycles. The Morgan fingerprint density at radius 2 is 1.68 bits per heavy atom. The zero-order valence-electron chi connectivity index (χ0n) is 20.1. The summed E-state index contributed by atoms with van der Waals surface area (Å²) in [6.45, 7) is 9.18. The van der Waals surface area contributed by atoms with E-state index in [1.54, 1.807) is 11.1 Å². The van der Waals surface area contributed by atoms with Crippen molar-refractivity contribution in [2.75, 3.05) is 5.32 Å². The van der Waals surface area contributed by atoms with E-state index in [9.17, 15) is 0 Å². The topological polar surface area (TPSA) is 12.0 Å². The van der Waals surface area contributed by atoms with Gasteiger partial charge in [0.1, 0.15) is 0 Å². The molecule has 1 N–H and O–H groups in total. The summed E-state index contributed by atoms with van der Waals surface area (Å²) >= 11 is 0. The van der Waals surface area contributed by atoms with Crippen LogP contribution in [0, 0.1) is 5.92 Å². The summed E-state index contributed by atoms with van der Waals surface area (Å²) in [5.74, 6) is 0.728. The molecule has 2 aliphatic carbocycles. The van der Waals surface area contributed by atoms with Crippen LogP contribution in [0.5, 0.6) is 0 Å². The molecule has 0 unspecified atom stereocenters. The van der Waals surface area contributed by atoms with E-state index in [0.29, 0.717) is 0 Å². The number of unbranched alkanes of at least 4 members (excludes halogenated alkanes) is 3. The minimum Gasteiger partial charge on any atom is -0.375 e. The standard InChI is InChI=1S/C30H41N/c1-5-6-7-9-15-24-22-26-16-12-21-30(26,28(24)23-13-10-8-11-14-23)31-27-19-17-25(18-20-27)29(2,3)4/h8,10-11,13-14,17-20,26,31H,5-7,9,12,15-16,21-22H2,1-4H3/t26-,30+/m1/s1. The molecule has 2 aliphatic rings. The molecule has 0 heterocycles. The molecule has 2 aromatic rings. The molecule has 166 valence electrons. The van der Waals surface area contributed by atoms with Crippen LogP contribution in [0.4, 0.5) is 5.69 Å². The minimum atomic E-state index is 0.102. The SMILES string of the molecule is CCCCCCC1=C(c2ccccc2)[C@]2(Nc3ccc(C(C)(C)C)cc3)CCC[C@@H]2C1. The van der Waals surface area contributed by atoms with Gasteiger partial charge in [0.2, 0.25) is 0 Å². The summed E-state index contributed by atoms with van der Waals surface area (Å²) in [5, 5.41) is 4.12. The first-order valence-corrected chi connectivity index (χ1v) is 12.6. The van der Waals surface area contributed by atoms with Crippen LogP contribution in [0.3, 0.4) is 0 Å². The number of hydrogen-bond acceptors (Lipinski definition) is 1. The second-order valence-corrected chi connectivity index (χ2v) is 10.9. The van der Waals surface area contributed by atoms with E-state index in [1.807, 2.05) is 0 Å². The van der Waals surface area contributed by atoms with E-state index in [2.05, 4.69) is 87.6 Å². The van der Waals surface area contributed by atoms with Crippen LogP contribution in [0.2, 0.25) is 0 Å². The van der Waals surface area contributed by atoms with Gasteiger partial charge in [-0.3, -0.25) is 0 Å². The van der Waals surface area contributed by atoms with Crippen LogP contribution in [-0.4, -0.2) is 5.54 Å². The fourth-order valence-electron chi connectivity index (χ4n) is 6.00. The summed E-state index contributed by atoms with van der Waals surface area (Å²) < 4.78 is 0. The van der Waals surface area contributed by atoms with Crippen LogP contribution in [0.25, 0.3) is 5.57 Å². The Kier molecular flexibility index (Phi) is 6.60. The van der Waals surface area contributed by atoms with Gasteiger partial charge in [-0.25, -0.2) is 0 Å². The highest BCUT2D eigenvalue weighted by molar-refractivity contribution is 5.82. The number of nitrogens with one attached hydrogen (secondary N) is 1. The third kappa shape index (κ3) is 4.61. The molecule has 0 amide bonds. The summed E-state index contributed by atoms with van der Waals surface area (Å²) in [5.41, 5.74) is 7.78. The molecule has 2 atom stereocenters. The number of allylic oxidation sites excluding steroid dienone is 1. The maximum Gasteiger partial charge on any atom is 0.0661 e. The number of benzene rings is 2. The van der Waals surface area contributed by atoms with Crippen molar-refractivity contribution in [3.8, 4) is 0 Å². The lowest BCUT2D eigenvalue weighted by atomic mass is 9.81. The molecule has 2 aromatic carbocycles. The third-order valence-electron chi connectivity index (χ3n) is 7.63. The summed E-state index contributed by atoms with van der Waals surface area (Å²) in [6, 6.07) is 20.5. The van der Waals surface area contributed by atoms with E-state index in [-0.39, 0.29) is 11.0 Å². The first-order valence-electron chi connectivity index (χ1n) is 12.6. The van der Waals surface area contributed by atoms with Crippen molar-refractivity contribution in [3.63, 3.8) is 0 Å². The largest absolute Gasteiger partial charge is 0.375 e. The van der Waals surface area contributed by atoms with Gasteiger partial charge in [0.05, 0.1) is 5.54 Å². The summed E-state index contributed by atoms with van der Waals surface area (Å²) in [7, 11) is 0. The van der Waals surface area contributed by atoms with Gasteiger partial charge in [0, 0.05) is 5.69 Å². The Balaban J connectivity index is 1.67. The predicted molar refractivity (Wildman–Crippen MR) is 136 cm³/mol. The Morgan fingerprint density at radius 1 is 0.935 bits per heavy atom. The highest BCUT2D eigenvalue weighted by Crippen LogP contribution is 2.56. The Bertz CT molecular complexity index is 884. The normalized spacial score (nSPS) is 23.3. The molecular formula is C30H41N. The van der Waals surface area contributed by atoms with Crippen LogP contribution < -0.4 is 5.32 Å². The fraction of sp³-hybridized carbons (Fsp3) is 0.533. The van der Waals surface area contributed by atoms with Crippen molar-refractivity contribution in [2.45, 2.75) is 96.4 Å². The van der Waals surface area contributed by atoms with E-state index in [0.717, 1.165) is 5.92 Å². The maximum atomic E-state index is 4.12. The molecule has 0 radical (unpaired) electrons. The lowest BCUT2D eigenvalue weighted by Gasteiger charge is -2.36. The Hall–Kier alpha value is -2.02. The van der Waals surface area contributed by atoms with E-state index >= 15 is 0 Å². The van der Waals surface area contributed by atoms with Gasteiger partial charge in [-0.15, -0.1) is 0 Å². The maximum absolute atomic E-state index is 4.12. The average Bonchev–Trinajstić information content (AvgIpc) is 3.26. The van der Waals surface area contributed by atoms with Crippen LogP contribution >= 0.6 is 0 Å². The second-order valence-electron chi connectivity index (χ2n) is 10.9. The molecule has 31 heavy (non-hydrogen) atoms. The summed E-state index contributed by atoms with van der Waals surface area (Å²) in [6.07, 6.45) is 11.9. The zero-order valence-corrected chi connectivity index (χ0v) is 20.1. The van der Waals surface area contributed by atoms with Gasteiger partial charge >= 0.3 is 0 Å². The molecule has 1 fully saturated rings. The molecular weight excluding hydrogens is 374 g/mol. The van der Waals surface area contributed by atoms with Gasteiger partial charge < -0.3 is 5.32 Å². The Morgan fingerprint density at radius 3 is 2.35 bits per heavy atom. The molecule has 0 aliphatic heterocycles. The molecule has 1 saturated carbocycles. The number of rotatable bonds is 8. The molecule has 0 aromatic heterocycles. The molecule has 1 heteroatoms.